The van der Waals surface area contributed by atoms with Crippen LogP contribution in [0.15, 0.2) is 42.5 Å². The summed E-state index contributed by atoms with van der Waals surface area (Å²) in [5.41, 5.74) is 2.55. The molecule has 4 rings (SSSR count). The summed E-state index contributed by atoms with van der Waals surface area (Å²) in [7, 11) is 5.16. The largest absolute Gasteiger partial charge is 0.496 e. The molecule has 6 heteroatoms. The fraction of sp³-hybridized carbons (Fsp3) is 0.435. The van der Waals surface area contributed by atoms with Gasteiger partial charge in [0.2, 0.25) is 0 Å². The number of carbonyl (C=O) groups excluding carboxylic acids is 1. The fourth-order valence-corrected chi connectivity index (χ4v) is 5.06. The molecule has 0 aliphatic carbocycles. The summed E-state index contributed by atoms with van der Waals surface area (Å²) in [4.78, 5) is 16.7. The third-order valence-electron chi connectivity index (χ3n) is 6.26. The highest BCUT2D eigenvalue weighted by Gasteiger charge is 2.46. The predicted molar refractivity (Wildman–Crippen MR) is 108 cm³/mol. The van der Waals surface area contributed by atoms with E-state index in [0.717, 1.165) is 36.5 Å². The van der Waals surface area contributed by atoms with Crippen LogP contribution in [0.4, 0.5) is 4.39 Å². The smallest absolute Gasteiger partial charge is 0.337 e. The zero-order valence-electron chi connectivity index (χ0n) is 17.1. The van der Waals surface area contributed by atoms with Gasteiger partial charge in [0.15, 0.2) is 0 Å². The maximum absolute atomic E-state index is 13.8. The second-order valence-corrected chi connectivity index (χ2v) is 8.08. The van der Waals surface area contributed by atoms with E-state index in [4.69, 9.17) is 9.47 Å². The van der Waals surface area contributed by atoms with E-state index in [0.29, 0.717) is 23.9 Å². The first kappa shape index (κ1) is 19.9. The molecule has 0 radical (unpaired) electrons. The van der Waals surface area contributed by atoms with Crippen molar-refractivity contribution in [2.24, 2.45) is 11.8 Å². The minimum Gasteiger partial charge on any atom is -0.496 e. The second-order valence-electron chi connectivity index (χ2n) is 8.08. The Morgan fingerprint density at radius 3 is 2.69 bits per heavy atom. The van der Waals surface area contributed by atoms with Crippen molar-refractivity contribution in [1.82, 2.24) is 9.80 Å². The number of fused-ring (bicyclic) bond motifs is 1. The average molecular weight is 398 g/mol. The summed E-state index contributed by atoms with van der Waals surface area (Å²) in [6.07, 6.45) is 0. The van der Waals surface area contributed by atoms with Crippen molar-refractivity contribution in [3.8, 4) is 5.75 Å². The number of carbonyl (C=O) groups is 1. The van der Waals surface area contributed by atoms with Gasteiger partial charge in [-0.15, -0.1) is 0 Å². The standard InChI is InChI=1S/C23H27FN2O3/c1-25-11-18-13-26(14-20(18)22(25)15-5-4-6-19(24)10-15)12-17-9-16(23(27)29-3)7-8-21(17)28-2/h4-10,18,20,22H,11-14H2,1-3H3/t18-,20+,22-/m0/s1. The topological polar surface area (TPSA) is 42.0 Å². The monoisotopic (exact) mass is 398 g/mol. The zero-order valence-corrected chi connectivity index (χ0v) is 17.1. The molecule has 2 aromatic rings. The van der Waals surface area contributed by atoms with Crippen LogP contribution in [0.25, 0.3) is 0 Å². The summed E-state index contributed by atoms with van der Waals surface area (Å²) in [6, 6.07) is 12.6. The number of ether oxygens (including phenoxy) is 2. The van der Waals surface area contributed by atoms with Crippen molar-refractivity contribution >= 4 is 5.97 Å². The Bertz CT molecular complexity index is 903. The van der Waals surface area contributed by atoms with Gasteiger partial charge < -0.3 is 9.47 Å². The molecule has 2 aliphatic heterocycles. The van der Waals surface area contributed by atoms with Crippen LogP contribution < -0.4 is 4.74 Å². The molecule has 29 heavy (non-hydrogen) atoms. The number of hydrogen-bond acceptors (Lipinski definition) is 5. The third kappa shape index (κ3) is 3.87. The van der Waals surface area contributed by atoms with Gasteiger partial charge in [0.25, 0.3) is 0 Å². The molecular weight excluding hydrogens is 371 g/mol. The molecule has 5 nitrogen and oxygen atoms in total. The molecule has 3 atom stereocenters. The van der Waals surface area contributed by atoms with Crippen LogP contribution in [0, 0.1) is 17.7 Å². The summed E-state index contributed by atoms with van der Waals surface area (Å²) in [5.74, 6) is 1.24. The first-order valence-corrected chi connectivity index (χ1v) is 9.93. The first-order chi connectivity index (χ1) is 14.0. The van der Waals surface area contributed by atoms with Crippen LogP contribution >= 0.6 is 0 Å². The molecule has 0 spiro atoms. The third-order valence-corrected chi connectivity index (χ3v) is 6.26. The van der Waals surface area contributed by atoms with Gasteiger partial charge in [0.05, 0.1) is 19.8 Å². The molecule has 0 bridgehead atoms. The van der Waals surface area contributed by atoms with Crippen LogP contribution in [0.1, 0.15) is 27.5 Å². The lowest BCUT2D eigenvalue weighted by Crippen LogP contribution is -2.29. The molecule has 2 fully saturated rings. The van der Waals surface area contributed by atoms with E-state index >= 15 is 0 Å². The summed E-state index contributed by atoms with van der Waals surface area (Å²) < 4.78 is 24.2. The van der Waals surface area contributed by atoms with Gasteiger partial charge in [0.1, 0.15) is 11.6 Å². The lowest BCUT2D eigenvalue weighted by Gasteiger charge is -2.27. The number of halogens is 1. The maximum Gasteiger partial charge on any atom is 0.337 e. The number of likely N-dealkylation sites (tertiary alicyclic amines) is 2. The van der Waals surface area contributed by atoms with E-state index in [-0.39, 0.29) is 17.8 Å². The van der Waals surface area contributed by atoms with Gasteiger partial charge in [-0.05, 0) is 54.8 Å². The van der Waals surface area contributed by atoms with Crippen LogP contribution in [0.2, 0.25) is 0 Å². The zero-order chi connectivity index (χ0) is 20.5. The lowest BCUT2D eigenvalue weighted by atomic mass is 9.89. The highest BCUT2D eigenvalue weighted by molar-refractivity contribution is 5.89. The molecule has 2 aliphatic rings. The molecule has 0 unspecified atom stereocenters. The van der Waals surface area contributed by atoms with Crippen molar-refractivity contribution in [3.05, 3.63) is 65.0 Å². The molecule has 0 N–H and O–H groups in total. The number of esters is 1. The summed E-state index contributed by atoms with van der Waals surface area (Å²) in [5, 5.41) is 0. The Labute approximate surface area is 171 Å². The summed E-state index contributed by atoms with van der Waals surface area (Å²) >= 11 is 0. The summed E-state index contributed by atoms with van der Waals surface area (Å²) in [6.45, 7) is 3.62. The Kier molecular flexibility index (Phi) is 5.56. The van der Waals surface area contributed by atoms with E-state index < -0.39 is 0 Å². The fourth-order valence-electron chi connectivity index (χ4n) is 5.06. The van der Waals surface area contributed by atoms with Crippen LogP contribution in [0.5, 0.6) is 5.75 Å². The Morgan fingerprint density at radius 2 is 1.97 bits per heavy atom. The molecule has 2 heterocycles. The van der Waals surface area contributed by atoms with Crippen LogP contribution in [-0.2, 0) is 11.3 Å². The Hall–Kier alpha value is -2.44. The molecule has 0 amide bonds. The average Bonchev–Trinajstić information content (AvgIpc) is 3.22. The number of rotatable bonds is 5. The molecular formula is C23H27FN2O3. The minimum atomic E-state index is -0.347. The number of methoxy groups -OCH3 is 2. The highest BCUT2D eigenvalue weighted by atomic mass is 19.1. The van der Waals surface area contributed by atoms with Crippen molar-refractivity contribution in [1.29, 1.82) is 0 Å². The van der Waals surface area contributed by atoms with Crippen molar-refractivity contribution in [2.45, 2.75) is 12.6 Å². The normalized spacial score (nSPS) is 24.5. The van der Waals surface area contributed by atoms with Crippen LogP contribution in [0.3, 0.4) is 0 Å². The highest BCUT2D eigenvalue weighted by Crippen LogP contribution is 2.44. The predicted octanol–water partition coefficient (Wildman–Crippen LogP) is 3.36. The van der Waals surface area contributed by atoms with Gasteiger partial charge in [-0.3, -0.25) is 9.80 Å². The number of hydrogen-bond donors (Lipinski definition) is 0. The van der Waals surface area contributed by atoms with Gasteiger partial charge in [-0.2, -0.15) is 0 Å². The Morgan fingerprint density at radius 1 is 1.14 bits per heavy atom. The quantitative estimate of drug-likeness (QED) is 0.723. The molecule has 2 aromatic carbocycles. The SMILES string of the molecule is COC(=O)c1ccc(OC)c(CN2C[C@@H]3CN(C)[C@@H](c4cccc(F)c4)[C@@H]3C2)c1. The first-order valence-electron chi connectivity index (χ1n) is 9.93. The Balaban J connectivity index is 1.53. The maximum atomic E-state index is 13.8. The van der Waals surface area contributed by atoms with Gasteiger partial charge in [-0.25, -0.2) is 9.18 Å². The van der Waals surface area contributed by atoms with E-state index in [1.54, 1.807) is 25.3 Å². The lowest BCUT2D eigenvalue weighted by molar-refractivity contribution is 0.0600. The number of nitrogens with zero attached hydrogens (tertiary/aromatic N) is 2. The van der Waals surface area contributed by atoms with Gasteiger partial charge in [0, 0.05) is 37.8 Å². The molecule has 0 saturated carbocycles. The molecule has 2 saturated heterocycles. The van der Waals surface area contributed by atoms with E-state index in [1.807, 2.05) is 18.2 Å². The number of benzene rings is 2. The van der Waals surface area contributed by atoms with Crippen molar-refractivity contribution < 1.29 is 18.7 Å². The second kappa shape index (κ2) is 8.13. The van der Waals surface area contributed by atoms with Crippen molar-refractivity contribution in [3.63, 3.8) is 0 Å². The molecule has 154 valence electrons. The van der Waals surface area contributed by atoms with E-state index in [1.165, 1.54) is 13.2 Å². The van der Waals surface area contributed by atoms with Gasteiger partial charge >= 0.3 is 5.97 Å². The van der Waals surface area contributed by atoms with Crippen molar-refractivity contribution in [2.75, 3.05) is 40.9 Å². The van der Waals surface area contributed by atoms with E-state index in [9.17, 15) is 9.18 Å². The van der Waals surface area contributed by atoms with Crippen LogP contribution in [-0.4, -0.2) is 56.7 Å². The van der Waals surface area contributed by atoms with Gasteiger partial charge in [-0.1, -0.05) is 12.1 Å². The minimum absolute atomic E-state index is 0.182. The molecule has 0 aromatic heterocycles. The van der Waals surface area contributed by atoms with E-state index in [2.05, 4.69) is 16.8 Å².